The van der Waals surface area contributed by atoms with Crippen LogP contribution in [-0.2, 0) is 4.79 Å². The molecule has 0 radical (unpaired) electrons. The van der Waals surface area contributed by atoms with E-state index >= 15 is 0 Å². The van der Waals surface area contributed by atoms with E-state index in [1.165, 1.54) is 51.4 Å². The summed E-state index contributed by atoms with van der Waals surface area (Å²) in [5.41, 5.74) is 7.12. The van der Waals surface area contributed by atoms with Crippen LogP contribution in [-0.4, -0.2) is 60.3 Å². The average molecular weight is 470 g/mol. The molecule has 0 aromatic carbocycles. The second-order valence-electron chi connectivity index (χ2n) is 12.8. The molecule has 0 spiro atoms. The second-order valence-corrected chi connectivity index (χ2v) is 12.8. The normalized spacial score (nSPS) is 40.3. The lowest BCUT2D eigenvalue weighted by atomic mass is 9.50. The lowest BCUT2D eigenvalue weighted by Gasteiger charge is -2.54. The first-order chi connectivity index (χ1) is 16.2. The number of hydrogen-bond acceptors (Lipinski definition) is 4. The summed E-state index contributed by atoms with van der Waals surface area (Å²) in [7, 11) is 2.10. The van der Waals surface area contributed by atoms with E-state index in [1.807, 2.05) is 5.01 Å². The maximum absolute atomic E-state index is 12.7. The minimum absolute atomic E-state index is 0.224. The summed E-state index contributed by atoms with van der Waals surface area (Å²) in [4.78, 5) is 15.0. The Morgan fingerprint density at radius 1 is 1.09 bits per heavy atom. The van der Waals surface area contributed by atoms with Crippen LogP contribution in [0.15, 0.2) is 23.3 Å². The predicted octanol–water partition coefficient (Wildman–Crippen LogP) is 4.54. The fourth-order valence-electron chi connectivity index (χ4n) is 8.78. The molecule has 1 saturated heterocycles. The summed E-state index contributed by atoms with van der Waals surface area (Å²) in [5, 5.41) is 12.8. The summed E-state index contributed by atoms with van der Waals surface area (Å²) >= 11 is 0. The van der Waals surface area contributed by atoms with Gasteiger partial charge in [-0.2, -0.15) is 0 Å². The molecule has 5 aliphatic rings. The van der Waals surface area contributed by atoms with E-state index in [0.29, 0.717) is 35.0 Å². The number of aliphatic hydroxyl groups is 1. The van der Waals surface area contributed by atoms with Crippen LogP contribution in [0, 0.1) is 34.5 Å². The third kappa shape index (κ3) is 4.20. The van der Waals surface area contributed by atoms with Gasteiger partial charge in [0.1, 0.15) is 6.10 Å². The lowest BCUT2D eigenvalue weighted by molar-refractivity contribution is -0.136. The van der Waals surface area contributed by atoms with Crippen LogP contribution in [0.1, 0.15) is 78.6 Å². The quantitative estimate of drug-likeness (QED) is 0.621. The molecule has 0 bridgehead atoms. The van der Waals surface area contributed by atoms with E-state index in [0.717, 1.165) is 32.1 Å². The number of hydrogen-bond donors (Lipinski definition) is 2. The van der Waals surface area contributed by atoms with Crippen molar-refractivity contribution >= 4 is 5.91 Å². The molecule has 4 fully saturated rings. The van der Waals surface area contributed by atoms with Gasteiger partial charge in [0, 0.05) is 26.2 Å². The second kappa shape index (κ2) is 9.37. The summed E-state index contributed by atoms with van der Waals surface area (Å²) in [6, 6.07) is 0. The highest BCUT2D eigenvalue weighted by Gasteiger charge is 2.56. The standard InChI is InChI=1S/C29H47N3O2/c1-20(19-26(33)27(34)30-32-17-15-31(4)16-18-32)23-10-11-24-22-9-8-21-7-5-6-13-28(21,2)25(22)12-14-29(23,24)3/h8-9,20,23-26,33H,5-7,10-19H2,1-4H3,(H,30,34)/t20-,23-,24+,25+,26?,28+,29-/m1/s1. The summed E-state index contributed by atoms with van der Waals surface area (Å²) < 4.78 is 0. The molecule has 1 heterocycles. The smallest absolute Gasteiger partial charge is 0.263 e. The van der Waals surface area contributed by atoms with E-state index in [9.17, 15) is 9.90 Å². The number of piperazine rings is 1. The number of hydrazine groups is 1. The van der Waals surface area contributed by atoms with Crippen LogP contribution in [0.25, 0.3) is 0 Å². The molecule has 0 aromatic heterocycles. The third-order valence-corrected chi connectivity index (χ3v) is 10.9. The first kappa shape index (κ1) is 24.5. The van der Waals surface area contributed by atoms with Crippen molar-refractivity contribution in [1.82, 2.24) is 15.3 Å². The summed E-state index contributed by atoms with van der Waals surface area (Å²) in [6.45, 7) is 10.9. The molecule has 0 aromatic rings. The van der Waals surface area contributed by atoms with Gasteiger partial charge in [-0.1, -0.05) is 50.5 Å². The number of nitrogens with one attached hydrogen (secondary N) is 1. The summed E-state index contributed by atoms with van der Waals surface area (Å²) in [5.74, 6) is 2.11. The van der Waals surface area contributed by atoms with Crippen molar-refractivity contribution in [2.75, 3.05) is 33.2 Å². The van der Waals surface area contributed by atoms with Crippen molar-refractivity contribution in [3.63, 3.8) is 0 Å². The highest BCUT2D eigenvalue weighted by Crippen LogP contribution is 2.66. The Balaban J connectivity index is 1.23. The molecule has 3 saturated carbocycles. The average Bonchev–Trinajstić information content (AvgIpc) is 3.17. The number of aliphatic hydroxyl groups excluding tert-OH is 1. The Morgan fingerprint density at radius 2 is 1.85 bits per heavy atom. The molecule has 5 nitrogen and oxygen atoms in total. The zero-order chi connectivity index (χ0) is 24.1. The Labute approximate surface area is 207 Å². The monoisotopic (exact) mass is 469 g/mol. The van der Waals surface area contributed by atoms with Crippen molar-refractivity contribution in [3.8, 4) is 0 Å². The Kier molecular flexibility index (Phi) is 6.76. The van der Waals surface area contributed by atoms with Crippen LogP contribution in [0.2, 0.25) is 0 Å². The largest absolute Gasteiger partial charge is 0.383 e. The molecular weight excluding hydrogens is 422 g/mol. The van der Waals surface area contributed by atoms with E-state index in [2.05, 4.69) is 50.3 Å². The van der Waals surface area contributed by atoms with E-state index in [1.54, 1.807) is 11.1 Å². The van der Waals surface area contributed by atoms with Crippen LogP contribution in [0.3, 0.4) is 0 Å². The maximum Gasteiger partial charge on any atom is 0.263 e. The van der Waals surface area contributed by atoms with Gasteiger partial charge in [-0.3, -0.25) is 10.2 Å². The fourth-order valence-corrected chi connectivity index (χ4v) is 8.78. The molecular formula is C29H47N3O2. The third-order valence-electron chi connectivity index (χ3n) is 10.9. The van der Waals surface area contributed by atoms with Gasteiger partial charge in [0.25, 0.3) is 5.91 Å². The molecule has 4 aliphatic carbocycles. The molecule has 34 heavy (non-hydrogen) atoms. The first-order valence-electron chi connectivity index (χ1n) is 14.1. The van der Waals surface area contributed by atoms with E-state index in [4.69, 9.17) is 0 Å². The maximum atomic E-state index is 12.7. The number of nitrogens with zero attached hydrogens (tertiary/aromatic N) is 2. The highest BCUT2D eigenvalue weighted by atomic mass is 16.3. The highest BCUT2D eigenvalue weighted by molar-refractivity contribution is 5.79. The van der Waals surface area contributed by atoms with Gasteiger partial charge in [-0.15, -0.1) is 0 Å². The van der Waals surface area contributed by atoms with Gasteiger partial charge in [0.05, 0.1) is 0 Å². The van der Waals surface area contributed by atoms with Crippen molar-refractivity contribution < 1.29 is 9.90 Å². The number of fused-ring (bicyclic) bond motifs is 5. The zero-order valence-electron chi connectivity index (χ0n) is 22.0. The Hall–Kier alpha value is -1.17. The minimum Gasteiger partial charge on any atom is -0.383 e. The van der Waals surface area contributed by atoms with Crippen LogP contribution in [0.5, 0.6) is 0 Å². The SMILES string of the molecule is C[C@H](CC(O)C(=O)NN1CCN(C)CC1)[C@H]1CC[C@H]2C3=CC=C4CCCC[C@]4(C)[C@H]3CC[C@]12C. The topological polar surface area (TPSA) is 55.8 Å². The van der Waals surface area contributed by atoms with Crippen molar-refractivity contribution in [2.45, 2.75) is 84.7 Å². The number of likely N-dealkylation sites (N-methyl/N-ethyl adjacent to an activating group) is 1. The van der Waals surface area contributed by atoms with E-state index < -0.39 is 6.10 Å². The molecule has 2 N–H and O–H groups in total. The molecule has 1 unspecified atom stereocenters. The number of rotatable bonds is 5. The molecule has 1 aliphatic heterocycles. The van der Waals surface area contributed by atoms with Gasteiger partial charge >= 0.3 is 0 Å². The number of carbonyl (C=O) groups is 1. The molecule has 5 heteroatoms. The zero-order valence-corrected chi connectivity index (χ0v) is 22.0. The Bertz CT molecular complexity index is 844. The molecule has 190 valence electrons. The Morgan fingerprint density at radius 3 is 2.62 bits per heavy atom. The van der Waals surface area contributed by atoms with Crippen molar-refractivity contribution in [1.29, 1.82) is 0 Å². The van der Waals surface area contributed by atoms with Crippen LogP contribution < -0.4 is 5.43 Å². The van der Waals surface area contributed by atoms with Crippen LogP contribution in [0.4, 0.5) is 0 Å². The van der Waals surface area contributed by atoms with Gasteiger partial charge < -0.3 is 10.0 Å². The van der Waals surface area contributed by atoms with Gasteiger partial charge in [0.2, 0.25) is 0 Å². The molecule has 5 rings (SSSR count). The minimum atomic E-state index is -0.922. The molecule has 7 atom stereocenters. The van der Waals surface area contributed by atoms with Gasteiger partial charge in [-0.05, 0) is 92.9 Å². The van der Waals surface area contributed by atoms with E-state index in [-0.39, 0.29) is 5.91 Å². The predicted molar refractivity (Wildman–Crippen MR) is 137 cm³/mol. The van der Waals surface area contributed by atoms with Crippen molar-refractivity contribution in [3.05, 3.63) is 23.3 Å². The molecule has 1 amide bonds. The number of carbonyl (C=O) groups excluding carboxylic acids is 1. The fraction of sp³-hybridized carbons (Fsp3) is 0.828. The number of amides is 1. The first-order valence-corrected chi connectivity index (χ1v) is 14.1. The summed E-state index contributed by atoms with van der Waals surface area (Å²) in [6.07, 6.45) is 15.2. The van der Waals surface area contributed by atoms with Crippen molar-refractivity contribution in [2.24, 2.45) is 34.5 Å². The van der Waals surface area contributed by atoms with Gasteiger partial charge in [0.15, 0.2) is 0 Å². The van der Waals surface area contributed by atoms with Gasteiger partial charge in [-0.25, -0.2) is 5.01 Å². The van der Waals surface area contributed by atoms with Crippen LogP contribution >= 0.6 is 0 Å². The lowest BCUT2D eigenvalue weighted by Crippen LogP contribution is -2.54. The number of allylic oxidation sites excluding steroid dienone is 4.